The van der Waals surface area contributed by atoms with Gasteiger partial charge in [-0.15, -0.1) is 11.8 Å². The number of fused-ring (bicyclic) bond motifs is 1. The van der Waals surface area contributed by atoms with Gasteiger partial charge in [-0.3, -0.25) is 14.3 Å². The van der Waals surface area contributed by atoms with Crippen molar-refractivity contribution in [3.05, 3.63) is 17.5 Å². The largest absolute Gasteiger partial charge is 0.349 e. The predicted octanol–water partition coefficient (Wildman–Crippen LogP) is 0.00280. The van der Waals surface area contributed by atoms with Crippen LogP contribution in [0.2, 0.25) is 0 Å². The van der Waals surface area contributed by atoms with Crippen molar-refractivity contribution in [2.75, 3.05) is 12.3 Å². The van der Waals surface area contributed by atoms with Gasteiger partial charge in [0.05, 0.1) is 22.7 Å². The van der Waals surface area contributed by atoms with Crippen molar-refractivity contribution < 1.29 is 9.59 Å². The van der Waals surface area contributed by atoms with E-state index >= 15 is 0 Å². The van der Waals surface area contributed by atoms with Crippen LogP contribution in [0, 0.1) is 0 Å². The molecule has 1 fully saturated rings. The molecule has 0 unspecified atom stereocenters. The number of aryl methyl sites for hydroxylation is 1. The first-order valence-corrected chi connectivity index (χ1v) is 8.93. The zero-order valence-electron chi connectivity index (χ0n) is 13.5. The Balaban J connectivity index is 1.54. The molecular weight excluding hydrogens is 314 g/mol. The van der Waals surface area contributed by atoms with Gasteiger partial charge in [-0.2, -0.15) is 5.10 Å². The van der Waals surface area contributed by atoms with Crippen molar-refractivity contribution in [1.29, 1.82) is 0 Å². The Bertz CT molecular complexity index is 590. The number of nitrogens with one attached hydrogen (secondary N) is 3. The smallest absolute Gasteiger partial charge is 0.243 e. The van der Waals surface area contributed by atoms with Crippen LogP contribution in [0.25, 0.3) is 0 Å². The Morgan fingerprint density at radius 2 is 2.39 bits per heavy atom. The molecule has 3 N–H and O–H groups in total. The number of hydrogen-bond acceptors (Lipinski definition) is 5. The highest BCUT2D eigenvalue weighted by Gasteiger charge is 2.37. The maximum absolute atomic E-state index is 12.2. The second-order valence-electron chi connectivity index (χ2n) is 6.45. The average Bonchev–Trinajstić information content (AvgIpc) is 2.77. The van der Waals surface area contributed by atoms with Crippen molar-refractivity contribution >= 4 is 23.6 Å². The molecule has 0 aromatic carbocycles. The Morgan fingerprint density at radius 1 is 1.57 bits per heavy atom. The molecule has 0 bridgehead atoms. The molecule has 1 saturated heterocycles. The van der Waals surface area contributed by atoms with Crippen molar-refractivity contribution in [2.45, 2.75) is 50.7 Å². The second kappa shape index (κ2) is 6.52. The number of nitrogens with zero attached hydrogens (tertiary/aromatic N) is 2. The van der Waals surface area contributed by atoms with Gasteiger partial charge in [0.1, 0.15) is 6.04 Å². The summed E-state index contributed by atoms with van der Waals surface area (Å²) in [6, 6.07) is 1.55. The van der Waals surface area contributed by atoms with Gasteiger partial charge in [0, 0.05) is 18.8 Å². The lowest BCUT2D eigenvalue weighted by Crippen LogP contribution is -2.57. The summed E-state index contributed by atoms with van der Waals surface area (Å²) in [7, 11) is 0. The number of rotatable bonds is 3. The van der Waals surface area contributed by atoms with Crippen molar-refractivity contribution in [3.63, 3.8) is 0 Å². The molecule has 0 saturated carbocycles. The van der Waals surface area contributed by atoms with Gasteiger partial charge in [-0.05, 0) is 32.9 Å². The minimum absolute atomic E-state index is 0.0892. The third-order valence-electron chi connectivity index (χ3n) is 4.17. The van der Waals surface area contributed by atoms with Gasteiger partial charge in [-0.1, -0.05) is 0 Å². The van der Waals surface area contributed by atoms with E-state index in [9.17, 15) is 9.59 Å². The first kappa shape index (κ1) is 16.3. The maximum Gasteiger partial charge on any atom is 0.243 e. The van der Waals surface area contributed by atoms with Gasteiger partial charge in [0.25, 0.3) is 0 Å². The molecule has 3 heterocycles. The van der Waals surface area contributed by atoms with Crippen LogP contribution < -0.4 is 16.0 Å². The fourth-order valence-electron chi connectivity index (χ4n) is 2.68. The Morgan fingerprint density at radius 3 is 3.17 bits per heavy atom. The Hall–Kier alpha value is -1.54. The molecule has 2 amide bonds. The molecule has 2 aliphatic heterocycles. The zero-order valence-corrected chi connectivity index (χ0v) is 14.3. The van der Waals surface area contributed by atoms with E-state index in [4.69, 9.17) is 0 Å². The summed E-state index contributed by atoms with van der Waals surface area (Å²) in [6.45, 7) is 6.84. The Kier molecular flexibility index (Phi) is 4.63. The van der Waals surface area contributed by atoms with E-state index in [-0.39, 0.29) is 11.8 Å². The van der Waals surface area contributed by atoms with E-state index in [1.165, 1.54) is 11.8 Å². The Labute approximate surface area is 140 Å². The molecular formula is C15H23N5O2S. The standard InChI is InChI=1S/C15H23N5O2S/c1-15(2)14(22)18-12(9-23-15)13(21)17-7-10-6-11-8-16-4-3-5-20(11)19-10/h6,12,16H,3-5,7-9H2,1-2H3,(H,17,21)(H,18,22)/t12-/m0/s1. The lowest BCUT2D eigenvalue weighted by atomic mass is 10.1. The minimum Gasteiger partial charge on any atom is -0.349 e. The van der Waals surface area contributed by atoms with E-state index in [0.29, 0.717) is 12.3 Å². The molecule has 1 atom stereocenters. The maximum atomic E-state index is 12.2. The summed E-state index contributed by atoms with van der Waals surface area (Å²) in [6.07, 6.45) is 1.06. The van der Waals surface area contributed by atoms with Crippen LogP contribution >= 0.6 is 11.8 Å². The van der Waals surface area contributed by atoms with E-state index in [1.54, 1.807) is 0 Å². The fraction of sp³-hybridized carbons (Fsp3) is 0.667. The monoisotopic (exact) mass is 337 g/mol. The molecule has 2 aliphatic rings. The summed E-state index contributed by atoms with van der Waals surface area (Å²) in [4.78, 5) is 24.2. The van der Waals surface area contributed by atoms with Crippen LogP contribution in [0.5, 0.6) is 0 Å². The predicted molar refractivity (Wildman–Crippen MR) is 88.9 cm³/mol. The first-order chi connectivity index (χ1) is 11.0. The summed E-state index contributed by atoms with van der Waals surface area (Å²) < 4.78 is 1.54. The highest BCUT2D eigenvalue weighted by Crippen LogP contribution is 2.28. The van der Waals surface area contributed by atoms with Crippen molar-refractivity contribution in [3.8, 4) is 0 Å². The number of thioether (sulfide) groups is 1. The SMILES string of the molecule is CC1(C)SC[C@@H](C(=O)NCc2cc3n(n2)CCCNC3)NC1=O. The van der Waals surface area contributed by atoms with Crippen LogP contribution in [-0.4, -0.2) is 44.7 Å². The molecule has 7 nitrogen and oxygen atoms in total. The average molecular weight is 337 g/mol. The second-order valence-corrected chi connectivity index (χ2v) is 8.09. The molecule has 23 heavy (non-hydrogen) atoms. The normalized spacial score (nSPS) is 23.6. The molecule has 0 spiro atoms. The fourth-order valence-corrected chi connectivity index (χ4v) is 3.69. The topological polar surface area (TPSA) is 88.1 Å². The third kappa shape index (κ3) is 3.69. The van der Waals surface area contributed by atoms with Crippen LogP contribution in [0.15, 0.2) is 6.07 Å². The summed E-state index contributed by atoms with van der Waals surface area (Å²) >= 11 is 1.51. The molecule has 0 aliphatic carbocycles. The molecule has 1 aromatic heterocycles. The minimum atomic E-state index is -0.470. The number of carbonyl (C=O) groups excluding carboxylic acids is 2. The highest BCUT2D eigenvalue weighted by atomic mass is 32.2. The van der Waals surface area contributed by atoms with Gasteiger partial charge in [0.2, 0.25) is 11.8 Å². The lowest BCUT2D eigenvalue weighted by molar-refractivity contribution is -0.129. The van der Waals surface area contributed by atoms with Gasteiger partial charge in [-0.25, -0.2) is 0 Å². The quantitative estimate of drug-likeness (QED) is 0.723. The molecule has 1 aromatic rings. The highest BCUT2D eigenvalue weighted by molar-refractivity contribution is 8.01. The van der Waals surface area contributed by atoms with E-state index in [2.05, 4.69) is 21.0 Å². The zero-order chi connectivity index (χ0) is 16.4. The molecule has 8 heteroatoms. The number of hydrogen-bond donors (Lipinski definition) is 3. The van der Waals surface area contributed by atoms with Crippen LogP contribution in [0.3, 0.4) is 0 Å². The molecule has 126 valence electrons. The number of amides is 2. The summed E-state index contributed by atoms with van der Waals surface area (Å²) in [5.41, 5.74) is 2.00. The van der Waals surface area contributed by atoms with E-state index in [0.717, 1.165) is 37.4 Å². The third-order valence-corrected chi connectivity index (χ3v) is 5.57. The van der Waals surface area contributed by atoms with Crippen LogP contribution in [0.1, 0.15) is 31.7 Å². The molecule has 3 rings (SSSR count). The van der Waals surface area contributed by atoms with Crippen LogP contribution in [0.4, 0.5) is 0 Å². The van der Waals surface area contributed by atoms with Gasteiger partial charge < -0.3 is 16.0 Å². The summed E-state index contributed by atoms with van der Waals surface area (Å²) in [5.74, 6) is 0.352. The van der Waals surface area contributed by atoms with Gasteiger partial charge in [0.15, 0.2) is 0 Å². The van der Waals surface area contributed by atoms with Gasteiger partial charge >= 0.3 is 0 Å². The van der Waals surface area contributed by atoms with Crippen LogP contribution in [-0.2, 0) is 29.2 Å². The summed E-state index contributed by atoms with van der Waals surface area (Å²) in [5, 5.41) is 13.6. The van der Waals surface area contributed by atoms with Crippen molar-refractivity contribution in [1.82, 2.24) is 25.7 Å². The van der Waals surface area contributed by atoms with Crippen molar-refractivity contribution in [2.24, 2.45) is 0 Å². The van der Waals surface area contributed by atoms with E-state index < -0.39 is 10.8 Å². The molecule has 0 radical (unpaired) electrons. The lowest BCUT2D eigenvalue weighted by Gasteiger charge is -2.32. The first-order valence-electron chi connectivity index (χ1n) is 7.95. The number of carbonyl (C=O) groups is 2. The van der Waals surface area contributed by atoms with E-state index in [1.807, 2.05) is 24.6 Å². The number of aromatic nitrogens is 2.